The fraction of sp³-hybridized carbons (Fsp3) is 0.706. The standard InChI is InChI=1S/C17H28N2O2S/c1-12(2)15-6-9-22-16(15)17(21)18-10-14(20)11-19-7-4-13(3)5-8-19/h6,9,12-14,20H,4-5,7-8,10-11H2,1-3H3,(H,18,21). The molecule has 2 N–H and O–H groups in total. The summed E-state index contributed by atoms with van der Waals surface area (Å²) in [5.41, 5.74) is 1.09. The number of amides is 1. The van der Waals surface area contributed by atoms with Gasteiger partial charge < -0.3 is 15.3 Å². The molecule has 0 saturated carbocycles. The van der Waals surface area contributed by atoms with E-state index in [4.69, 9.17) is 0 Å². The summed E-state index contributed by atoms with van der Waals surface area (Å²) in [4.78, 5) is 15.3. The molecule has 1 aromatic rings. The first kappa shape index (κ1) is 17.4. The highest BCUT2D eigenvalue weighted by Gasteiger charge is 2.20. The summed E-state index contributed by atoms with van der Waals surface area (Å²) < 4.78 is 0. The second kappa shape index (κ2) is 8.09. The summed E-state index contributed by atoms with van der Waals surface area (Å²) in [7, 11) is 0. The Morgan fingerprint density at radius 2 is 2.14 bits per heavy atom. The monoisotopic (exact) mass is 324 g/mol. The average Bonchev–Trinajstić information content (AvgIpc) is 2.97. The van der Waals surface area contributed by atoms with Gasteiger partial charge >= 0.3 is 0 Å². The minimum absolute atomic E-state index is 0.0648. The number of carbonyl (C=O) groups excluding carboxylic acids is 1. The van der Waals surface area contributed by atoms with E-state index in [0.29, 0.717) is 19.0 Å². The first-order valence-corrected chi connectivity index (χ1v) is 9.11. The molecular weight excluding hydrogens is 296 g/mol. The molecule has 1 aliphatic heterocycles. The number of piperidine rings is 1. The maximum absolute atomic E-state index is 12.2. The van der Waals surface area contributed by atoms with E-state index in [2.05, 4.69) is 31.0 Å². The van der Waals surface area contributed by atoms with E-state index < -0.39 is 6.10 Å². The zero-order chi connectivity index (χ0) is 16.1. The van der Waals surface area contributed by atoms with Gasteiger partial charge in [-0.1, -0.05) is 20.8 Å². The molecule has 2 heterocycles. The molecule has 0 aliphatic carbocycles. The van der Waals surface area contributed by atoms with Crippen molar-refractivity contribution in [1.29, 1.82) is 0 Å². The SMILES string of the molecule is CC1CCN(CC(O)CNC(=O)c2sccc2C(C)C)CC1. The molecule has 0 bridgehead atoms. The van der Waals surface area contributed by atoms with E-state index in [0.717, 1.165) is 29.4 Å². The number of thiophene rings is 1. The van der Waals surface area contributed by atoms with Crippen LogP contribution in [0, 0.1) is 5.92 Å². The molecule has 1 saturated heterocycles. The van der Waals surface area contributed by atoms with Crippen LogP contribution in [0.2, 0.25) is 0 Å². The summed E-state index contributed by atoms with van der Waals surface area (Å²) in [6, 6.07) is 2.01. The molecule has 0 spiro atoms. The number of likely N-dealkylation sites (tertiary alicyclic amines) is 1. The van der Waals surface area contributed by atoms with Crippen LogP contribution in [0.15, 0.2) is 11.4 Å². The molecule has 0 aromatic carbocycles. The molecule has 2 rings (SSSR count). The summed E-state index contributed by atoms with van der Waals surface area (Å²) in [5.74, 6) is 1.07. The number of rotatable bonds is 6. The van der Waals surface area contributed by atoms with E-state index in [1.165, 1.54) is 24.2 Å². The number of aliphatic hydroxyl groups excluding tert-OH is 1. The number of β-amino-alcohol motifs (C(OH)–C–C–N with tert-alkyl or cyclic N) is 1. The minimum Gasteiger partial charge on any atom is -0.390 e. The topological polar surface area (TPSA) is 52.6 Å². The van der Waals surface area contributed by atoms with Crippen molar-refractivity contribution in [2.45, 2.75) is 45.6 Å². The molecule has 1 unspecified atom stereocenters. The van der Waals surface area contributed by atoms with Gasteiger partial charge in [0.2, 0.25) is 0 Å². The van der Waals surface area contributed by atoms with Crippen LogP contribution in [-0.2, 0) is 0 Å². The number of nitrogens with one attached hydrogen (secondary N) is 1. The van der Waals surface area contributed by atoms with Gasteiger partial charge in [-0.3, -0.25) is 4.79 Å². The number of carbonyl (C=O) groups is 1. The largest absolute Gasteiger partial charge is 0.390 e. The van der Waals surface area contributed by atoms with Crippen molar-refractivity contribution >= 4 is 17.2 Å². The van der Waals surface area contributed by atoms with E-state index in [9.17, 15) is 9.90 Å². The van der Waals surface area contributed by atoms with Crippen LogP contribution >= 0.6 is 11.3 Å². The zero-order valence-electron chi connectivity index (χ0n) is 13.8. The highest BCUT2D eigenvalue weighted by atomic mass is 32.1. The molecule has 0 radical (unpaired) electrons. The number of hydrogen-bond acceptors (Lipinski definition) is 4. The Labute approximate surface area is 137 Å². The lowest BCUT2D eigenvalue weighted by atomic mass is 9.99. The third kappa shape index (κ3) is 4.80. The summed E-state index contributed by atoms with van der Waals surface area (Å²) in [5, 5.41) is 15.0. The third-order valence-corrected chi connectivity index (χ3v) is 5.30. The van der Waals surface area contributed by atoms with Crippen LogP contribution in [0.5, 0.6) is 0 Å². The van der Waals surface area contributed by atoms with E-state index >= 15 is 0 Å². The molecule has 124 valence electrons. The Bertz CT molecular complexity index is 479. The predicted molar refractivity (Wildman–Crippen MR) is 91.6 cm³/mol. The van der Waals surface area contributed by atoms with Crippen LogP contribution < -0.4 is 5.32 Å². The highest BCUT2D eigenvalue weighted by Crippen LogP contribution is 2.24. The van der Waals surface area contributed by atoms with Gasteiger partial charge in [0.1, 0.15) is 0 Å². The Balaban J connectivity index is 1.77. The lowest BCUT2D eigenvalue weighted by molar-refractivity contribution is 0.0797. The van der Waals surface area contributed by atoms with Gasteiger partial charge in [-0.05, 0) is 54.8 Å². The average molecular weight is 324 g/mol. The molecule has 4 nitrogen and oxygen atoms in total. The Morgan fingerprint density at radius 1 is 1.45 bits per heavy atom. The van der Waals surface area contributed by atoms with Gasteiger partial charge in [0.25, 0.3) is 5.91 Å². The molecule has 22 heavy (non-hydrogen) atoms. The molecule has 1 aliphatic rings. The van der Waals surface area contributed by atoms with Gasteiger partial charge in [0, 0.05) is 13.1 Å². The van der Waals surface area contributed by atoms with Crippen molar-refractivity contribution in [3.05, 3.63) is 21.9 Å². The van der Waals surface area contributed by atoms with Crippen molar-refractivity contribution < 1.29 is 9.90 Å². The van der Waals surface area contributed by atoms with Gasteiger partial charge in [-0.25, -0.2) is 0 Å². The van der Waals surface area contributed by atoms with Crippen molar-refractivity contribution in [3.8, 4) is 0 Å². The van der Waals surface area contributed by atoms with E-state index in [1.54, 1.807) is 0 Å². The summed E-state index contributed by atoms with van der Waals surface area (Å²) >= 11 is 1.47. The Hall–Kier alpha value is -0.910. The number of aliphatic hydroxyl groups is 1. The van der Waals surface area contributed by atoms with Crippen molar-refractivity contribution in [3.63, 3.8) is 0 Å². The number of nitrogens with zero attached hydrogens (tertiary/aromatic N) is 1. The summed E-state index contributed by atoms with van der Waals surface area (Å²) in [6.45, 7) is 9.52. The second-order valence-corrected chi connectivity index (χ2v) is 7.62. The predicted octanol–water partition coefficient (Wildman–Crippen LogP) is 2.69. The molecule has 5 heteroatoms. The third-order valence-electron chi connectivity index (χ3n) is 4.37. The second-order valence-electron chi connectivity index (χ2n) is 6.71. The highest BCUT2D eigenvalue weighted by molar-refractivity contribution is 7.12. The molecule has 1 aromatic heterocycles. The molecule has 1 amide bonds. The van der Waals surface area contributed by atoms with Crippen molar-refractivity contribution in [2.75, 3.05) is 26.2 Å². The summed E-state index contributed by atoms with van der Waals surface area (Å²) in [6.07, 6.45) is 1.90. The number of hydrogen-bond donors (Lipinski definition) is 2. The van der Waals surface area contributed by atoms with Crippen LogP contribution in [0.4, 0.5) is 0 Å². The molecule has 1 fully saturated rings. The van der Waals surface area contributed by atoms with Gasteiger partial charge in [0.05, 0.1) is 11.0 Å². The lowest BCUT2D eigenvalue weighted by Gasteiger charge is -2.31. The van der Waals surface area contributed by atoms with E-state index in [-0.39, 0.29) is 5.91 Å². The lowest BCUT2D eigenvalue weighted by Crippen LogP contribution is -2.43. The van der Waals surface area contributed by atoms with Gasteiger partial charge in [0.15, 0.2) is 0 Å². The molecule has 1 atom stereocenters. The van der Waals surface area contributed by atoms with Crippen LogP contribution in [0.25, 0.3) is 0 Å². The van der Waals surface area contributed by atoms with Crippen molar-refractivity contribution in [1.82, 2.24) is 10.2 Å². The smallest absolute Gasteiger partial charge is 0.261 e. The molecular formula is C17H28N2O2S. The van der Waals surface area contributed by atoms with Crippen LogP contribution in [0.1, 0.15) is 54.8 Å². The normalized spacial score (nSPS) is 18.6. The van der Waals surface area contributed by atoms with Crippen LogP contribution in [0.3, 0.4) is 0 Å². The fourth-order valence-electron chi connectivity index (χ4n) is 2.86. The van der Waals surface area contributed by atoms with Crippen molar-refractivity contribution in [2.24, 2.45) is 5.92 Å². The minimum atomic E-state index is -0.500. The zero-order valence-corrected chi connectivity index (χ0v) is 14.7. The first-order chi connectivity index (χ1) is 10.5. The Kier molecular flexibility index (Phi) is 6.41. The van der Waals surface area contributed by atoms with Gasteiger partial charge in [-0.15, -0.1) is 11.3 Å². The first-order valence-electron chi connectivity index (χ1n) is 8.23. The van der Waals surface area contributed by atoms with Gasteiger partial charge in [-0.2, -0.15) is 0 Å². The van der Waals surface area contributed by atoms with Crippen LogP contribution in [-0.4, -0.2) is 48.2 Å². The maximum atomic E-state index is 12.2. The Morgan fingerprint density at radius 3 is 2.77 bits per heavy atom. The van der Waals surface area contributed by atoms with E-state index in [1.807, 2.05) is 11.4 Å². The quantitative estimate of drug-likeness (QED) is 0.846. The maximum Gasteiger partial charge on any atom is 0.261 e. The fourth-order valence-corrected chi connectivity index (χ4v) is 3.83.